The molecule has 4 rings (SSSR count). The van der Waals surface area contributed by atoms with Crippen molar-refractivity contribution in [2.45, 2.75) is 45.6 Å². The number of nitrogens with zero attached hydrogens (tertiary/aromatic N) is 5. The van der Waals surface area contributed by atoms with Crippen LogP contribution in [-0.2, 0) is 6.54 Å². The summed E-state index contributed by atoms with van der Waals surface area (Å²) in [5.74, 6) is 0.770. The fourth-order valence-electron chi connectivity index (χ4n) is 3.88. The minimum atomic E-state index is -0.352. The van der Waals surface area contributed by atoms with Gasteiger partial charge in [-0.15, -0.1) is 0 Å². The molecule has 0 atom stereocenters. The highest BCUT2D eigenvalue weighted by Crippen LogP contribution is 2.24. The van der Waals surface area contributed by atoms with E-state index >= 15 is 0 Å². The molecular formula is C26H30FN5O2. The minimum Gasteiger partial charge on any atom is -0.478 e. The summed E-state index contributed by atoms with van der Waals surface area (Å²) in [6.07, 6.45) is 10.7. The highest BCUT2D eigenvalue weighted by Gasteiger charge is 2.16. The fraction of sp³-hybridized carbons (Fsp3) is 0.385. The van der Waals surface area contributed by atoms with E-state index in [9.17, 15) is 9.18 Å². The molecule has 3 heterocycles. The number of rotatable bonds is 10. The van der Waals surface area contributed by atoms with Crippen LogP contribution in [0.3, 0.4) is 0 Å². The van der Waals surface area contributed by atoms with Gasteiger partial charge in [-0.2, -0.15) is 4.98 Å². The second-order valence-corrected chi connectivity index (χ2v) is 8.41. The Labute approximate surface area is 199 Å². The number of anilines is 1. The van der Waals surface area contributed by atoms with Crippen molar-refractivity contribution in [2.75, 3.05) is 24.6 Å². The smallest absolute Gasteiger partial charge is 0.352 e. The molecule has 3 aromatic rings. The summed E-state index contributed by atoms with van der Waals surface area (Å²) in [6, 6.07) is 10.2. The normalized spacial score (nSPS) is 13.6. The van der Waals surface area contributed by atoms with Crippen LogP contribution in [0, 0.1) is 5.82 Å². The van der Waals surface area contributed by atoms with Crippen LogP contribution in [0.1, 0.15) is 50.2 Å². The summed E-state index contributed by atoms with van der Waals surface area (Å²) in [6.45, 7) is 4.48. The average Bonchev–Trinajstić information content (AvgIpc) is 2.87. The Kier molecular flexibility index (Phi) is 8.01. The van der Waals surface area contributed by atoms with E-state index in [1.807, 2.05) is 17.0 Å². The van der Waals surface area contributed by atoms with Crippen LogP contribution in [0.5, 0.6) is 5.88 Å². The average molecular weight is 464 g/mol. The quantitative estimate of drug-likeness (QED) is 0.413. The molecule has 0 radical (unpaired) electrons. The number of benzene rings is 1. The molecular weight excluding hydrogens is 433 g/mol. The van der Waals surface area contributed by atoms with Gasteiger partial charge in [-0.1, -0.05) is 50.5 Å². The van der Waals surface area contributed by atoms with Crippen molar-refractivity contribution in [3.8, 4) is 5.88 Å². The highest BCUT2D eigenvalue weighted by molar-refractivity contribution is 5.68. The van der Waals surface area contributed by atoms with Crippen molar-refractivity contribution >= 4 is 11.5 Å². The lowest BCUT2D eigenvalue weighted by Crippen LogP contribution is -2.34. The van der Waals surface area contributed by atoms with Crippen LogP contribution in [0.4, 0.5) is 10.3 Å². The van der Waals surface area contributed by atoms with E-state index in [4.69, 9.17) is 4.74 Å². The van der Waals surface area contributed by atoms with Crippen LogP contribution in [0.2, 0.25) is 0 Å². The maximum Gasteiger partial charge on any atom is 0.352 e. The number of pyridine rings is 1. The second-order valence-electron chi connectivity index (χ2n) is 8.41. The van der Waals surface area contributed by atoms with E-state index < -0.39 is 0 Å². The van der Waals surface area contributed by atoms with Crippen molar-refractivity contribution in [1.82, 2.24) is 19.5 Å². The third-order valence-electron chi connectivity index (χ3n) is 5.86. The van der Waals surface area contributed by atoms with Gasteiger partial charge in [-0.3, -0.25) is 4.57 Å². The number of unbranched alkanes of at least 4 members (excludes halogenated alkanes) is 3. The standard InChI is InChI=1S/C26H30FN5O2/c1-2-3-4-5-16-34-24-11-6-20(17-28-24)18-32-19-29-25(30-26(32)33)31-14-12-22(13-15-31)21-7-9-23(27)10-8-21/h6-12,17,19H,2-5,13-16,18H2,1H3. The van der Waals surface area contributed by atoms with Gasteiger partial charge in [0.15, 0.2) is 0 Å². The van der Waals surface area contributed by atoms with Crippen molar-refractivity contribution < 1.29 is 9.13 Å². The lowest BCUT2D eigenvalue weighted by Gasteiger charge is -2.26. The highest BCUT2D eigenvalue weighted by atomic mass is 19.1. The SMILES string of the molecule is CCCCCCOc1ccc(Cn2cnc(N3CC=C(c4ccc(F)cc4)CC3)nc2=O)cn1. The molecule has 1 aromatic carbocycles. The summed E-state index contributed by atoms with van der Waals surface area (Å²) in [5.41, 5.74) is 2.69. The van der Waals surface area contributed by atoms with Crippen molar-refractivity contribution in [3.05, 3.63) is 82.4 Å². The Balaban J connectivity index is 1.33. The zero-order chi connectivity index (χ0) is 23.8. The summed E-state index contributed by atoms with van der Waals surface area (Å²) in [7, 11) is 0. The van der Waals surface area contributed by atoms with Gasteiger partial charge < -0.3 is 9.64 Å². The molecule has 0 spiro atoms. The van der Waals surface area contributed by atoms with E-state index in [-0.39, 0.29) is 11.5 Å². The third-order valence-corrected chi connectivity index (χ3v) is 5.86. The molecule has 0 amide bonds. The van der Waals surface area contributed by atoms with Crippen molar-refractivity contribution in [2.24, 2.45) is 0 Å². The molecule has 0 bridgehead atoms. The monoisotopic (exact) mass is 463 g/mol. The molecule has 0 N–H and O–H groups in total. The Hall–Kier alpha value is -3.55. The number of ether oxygens (including phenoxy) is 1. The lowest BCUT2D eigenvalue weighted by atomic mass is 10.00. The zero-order valence-corrected chi connectivity index (χ0v) is 19.5. The maximum absolute atomic E-state index is 13.2. The Bertz CT molecular complexity index is 1160. The molecule has 34 heavy (non-hydrogen) atoms. The second kappa shape index (κ2) is 11.5. The first-order valence-electron chi connectivity index (χ1n) is 11.8. The van der Waals surface area contributed by atoms with Gasteiger partial charge in [-0.25, -0.2) is 19.2 Å². The minimum absolute atomic E-state index is 0.242. The Morgan fingerprint density at radius 1 is 1.06 bits per heavy atom. The van der Waals surface area contributed by atoms with E-state index in [0.29, 0.717) is 38.1 Å². The van der Waals surface area contributed by atoms with E-state index in [2.05, 4.69) is 28.0 Å². The molecule has 0 aliphatic carbocycles. The molecule has 7 nitrogen and oxygen atoms in total. The van der Waals surface area contributed by atoms with Crippen LogP contribution >= 0.6 is 0 Å². The summed E-state index contributed by atoms with van der Waals surface area (Å²) in [4.78, 5) is 27.5. The topological polar surface area (TPSA) is 73.1 Å². The van der Waals surface area contributed by atoms with E-state index in [1.165, 1.54) is 35.9 Å². The molecule has 1 aliphatic rings. The van der Waals surface area contributed by atoms with Gasteiger partial charge in [0, 0.05) is 25.4 Å². The molecule has 8 heteroatoms. The number of aromatic nitrogens is 4. The Morgan fingerprint density at radius 2 is 1.91 bits per heavy atom. The van der Waals surface area contributed by atoms with E-state index in [1.54, 1.807) is 18.3 Å². The van der Waals surface area contributed by atoms with Gasteiger partial charge in [0.25, 0.3) is 0 Å². The van der Waals surface area contributed by atoms with Crippen LogP contribution in [-0.4, -0.2) is 39.2 Å². The first kappa shape index (κ1) is 23.6. The first-order chi connectivity index (χ1) is 16.6. The number of hydrogen-bond donors (Lipinski definition) is 0. The van der Waals surface area contributed by atoms with Crippen molar-refractivity contribution in [1.29, 1.82) is 0 Å². The van der Waals surface area contributed by atoms with Gasteiger partial charge in [0.1, 0.15) is 12.1 Å². The molecule has 1 aliphatic heterocycles. The molecule has 2 aromatic heterocycles. The number of halogens is 1. The van der Waals surface area contributed by atoms with Gasteiger partial charge in [0.2, 0.25) is 11.8 Å². The van der Waals surface area contributed by atoms with Crippen LogP contribution in [0.15, 0.2) is 59.8 Å². The van der Waals surface area contributed by atoms with Gasteiger partial charge in [0.05, 0.1) is 13.2 Å². The van der Waals surface area contributed by atoms with Gasteiger partial charge >= 0.3 is 5.69 Å². The van der Waals surface area contributed by atoms with E-state index in [0.717, 1.165) is 36.0 Å². The van der Waals surface area contributed by atoms with Crippen LogP contribution < -0.4 is 15.3 Å². The van der Waals surface area contributed by atoms with Crippen LogP contribution in [0.25, 0.3) is 5.57 Å². The van der Waals surface area contributed by atoms with Crippen molar-refractivity contribution in [3.63, 3.8) is 0 Å². The predicted octanol–water partition coefficient (Wildman–Crippen LogP) is 4.47. The molecule has 0 unspecified atom stereocenters. The Morgan fingerprint density at radius 3 is 2.59 bits per heavy atom. The molecule has 178 valence electrons. The first-order valence-corrected chi connectivity index (χ1v) is 11.8. The maximum atomic E-state index is 13.2. The summed E-state index contributed by atoms with van der Waals surface area (Å²) < 4.78 is 20.3. The summed E-state index contributed by atoms with van der Waals surface area (Å²) in [5, 5.41) is 0. The molecule has 0 saturated heterocycles. The largest absolute Gasteiger partial charge is 0.478 e. The van der Waals surface area contributed by atoms with Gasteiger partial charge in [-0.05, 0) is 41.7 Å². The third kappa shape index (κ3) is 6.27. The summed E-state index contributed by atoms with van der Waals surface area (Å²) >= 11 is 0. The molecule has 0 fully saturated rings. The predicted molar refractivity (Wildman–Crippen MR) is 130 cm³/mol. The fourth-order valence-corrected chi connectivity index (χ4v) is 3.88. The lowest BCUT2D eigenvalue weighted by molar-refractivity contribution is 0.293. The zero-order valence-electron chi connectivity index (χ0n) is 19.5. The molecule has 0 saturated carbocycles. The number of hydrogen-bond acceptors (Lipinski definition) is 6.